The Morgan fingerprint density at radius 3 is 2.44 bits per heavy atom. The van der Waals surface area contributed by atoms with Crippen molar-refractivity contribution in [3.8, 4) is 0 Å². The highest BCUT2D eigenvalue weighted by atomic mass is 19.1. The van der Waals surface area contributed by atoms with Gasteiger partial charge in [-0.2, -0.15) is 0 Å². The third-order valence-corrected chi connectivity index (χ3v) is 7.08. The molecular formula is C23H22F2N4O3. The summed E-state index contributed by atoms with van der Waals surface area (Å²) in [5.74, 6) is -2.46. The van der Waals surface area contributed by atoms with Gasteiger partial charge >= 0.3 is 0 Å². The Hall–Kier alpha value is -3.36. The first-order valence-corrected chi connectivity index (χ1v) is 10.4. The molecule has 32 heavy (non-hydrogen) atoms. The third kappa shape index (κ3) is 2.91. The minimum Gasteiger partial charge on any atom is -0.369 e. The molecule has 1 unspecified atom stereocenters. The summed E-state index contributed by atoms with van der Waals surface area (Å²) in [5, 5.41) is 0. The fraction of sp³-hybridized carbons (Fsp3) is 0.391. The van der Waals surface area contributed by atoms with Crippen LogP contribution in [0.2, 0.25) is 0 Å². The summed E-state index contributed by atoms with van der Waals surface area (Å²) in [4.78, 5) is 45.3. The maximum atomic E-state index is 14.6. The van der Waals surface area contributed by atoms with Crippen LogP contribution < -0.4 is 10.6 Å². The molecule has 4 fully saturated rings. The van der Waals surface area contributed by atoms with E-state index in [4.69, 9.17) is 5.73 Å². The van der Waals surface area contributed by atoms with Crippen molar-refractivity contribution in [1.82, 2.24) is 9.88 Å². The molecule has 1 atom stereocenters. The maximum Gasteiger partial charge on any atom is 0.252 e. The van der Waals surface area contributed by atoms with Crippen LogP contribution in [-0.4, -0.2) is 40.2 Å². The number of piperazine rings is 1. The summed E-state index contributed by atoms with van der Waals surface area (Å²) < 4.78 is 28.0. The highest BCUT2D eigenvalue weighted by molar-refractivity contribution is 6.07. The number of amides is 3. The van der Waals surface area contributed by atoms with E-state index in [0.717, 1.165) is 4.90 Å². The van der Waals surface area contributed by atoms with Crippen molar-refractivity contribution in [3.63, 3.8) is 0 Å². The zero-order valence-electron chi connectivity index (χ0n) is 17.5. The second kappa shape index (κ2) is 6.82. The number of anilines is 1. The van der Waals surface area contributed by atoms with Gasteiger partial charge in [0.25, 0.3) is 5.91 Å². The van der Waals surface area contributed by atoms with Crippen molar-refractivity contribution >= 4 is 23.5 Å². The standard InChI is InChI=1S/C23H22F2N4O3/c1-13-6-16(25)19(27-7-13)29-9-17(30)28(8-14-2-4-15(24)5-3-14)18(20(29)31)22-10-23(11-22,12-22)21(26)32/h2-7,18H,8-12H2,1H3,(H2,26,32). The van der Waals surface area contributed by atoms with E-state index in [1.54, 1.807) is 19.1 Å². The van der Waals surface area contributed by atoms with Gasteiger partial charge in [-0.1, -0.05) is 12.1 Å². The van der Waals surface area contributed by atoms with E-state index in [1.165, 1.54) is 29.3 Å². The van der Waals surface area contributed by atoms with Crippen LogP contribution in [0, 0.1) is 29.4 Å². The van der Waals surface area contributed by atoms with Crippen LogP contribution in [-0.2, 0) is 20.9 Å². The minimum atomic E-state index is -0.877. The lowest BCUT2D eigenvalue weighted by atomic mass is 9.32. The fourth-order valence-electron chi connectivity index (χ4n) is 5.61. The van der Waals surface area contributed by atoms with E-state index in [9.17, 15) is 23.2 Å². The quantitative estimate of drug-likeness (QED) is 0.770. The van der Waals surface area contributed by atoms with Gasteiger partial charge in [0.1, 0.15) is 18.4 Å². The van der Waals surface area contributed by atoms with E-state index in [0.29, 0.717) is 30.4 Å². The van der Waals surface area contributed by atoms with Crippen molar-refractivity contribution in [2.75, 3.05) is 11.4 Å². The van der Waals surface area contributed by atoms with Crippen LogP contribution in [0.5, 0.6) is 0 Å². The molecule has 3 amide bonds. The maximum absolute atomic E-state index is 14.6. The lowest BCUT2D eigenvalue weighted by molar-refractivity contribution is -0.231. The fourth-order valence-corrected chi connectivity index (χ4v) is 5.61. The summed E-state index contributed by atoms with van der Waals surface area (Å²) in [6, 6.07) is 6.10. The van der Waals surface area contributed by atoms with Crippen molar-refractivity contribution in [2.45, 2.75) is 38.8 Å². The third-order valence-electron chi connectivity index (χ3n) is 7.08. The highest BCUT2D eigenvalue weighted by Crippen LogP contribution is 2.75. The van der Waals surface area contributed by atoms with Crippen LogP contribution in [0.4, 0.5) is 14.6 Å². The average molecular weight is 440 g/mol. The molecule has 7 nitrogen and oxygen atoms in total. The van der Waals surface area contributed by atoms with Gasteiger partial charge in [-0.25, -0.2) is 13.8 Å². The van der Waals surface area contributed by atoms with Gasteiger partial charge < -0.3 is 10.6 Å². The number of aromatic nitrogens is 1. The molecule has 9 heteroatoms. The molecular weight excluding hydrogens is 418 g/mol. The lowest BCUT2D eigenvalue weighted by Gasteiger charge is -2.72. The van der Waals surface area contributed by atoms with E-state index in [2.05, 4.69) is 4.98 Å². The molecule has 3 saturated carbocycles. The molecule has 2 heterocycles. The summed E-state index contributed by atoms with van der Waals surface area (Å²) in [6.07, 6.45) is 2.68. The van der Waals surface area contributed by atoms with Crippen molar-refractivity contribution in [3.05, 3.63) is 59.3 Å². The number of carbonyl (C=O) groups is 3. The largest absolute Gasteiger partial charge is 0.369 e. The highest BCUT2D eigenvalue weighted by Gasteiger charge is 2.76. The molecule has 2 aromatic rings. The van der Waals surface area contributed by atoms with E-state index in [-0.39, 0.29) is 24.8 Å². The first-order valence-electron chi connectivity index (χ1n) is 10.4. The van der Waals surface area contributed by atoms with Gasteiger partial charge in [0, 0.05) is 18.2 Å². The number of carbonyl (C=O) groups excluding carboxylic acids is 3. The second-order valence-corrected chi connectivity index (χ2v) is 9.33. The Labute approximate surface area is 183 Å². The van der Waals surface area contributed by atoms with Crippen LogP contribution in [0.25, 0.3) is 0 Å². The van der Waals surface area contributed by atoms with E-state index in [1.807, 2.05) is 0 Å². The Kier molecular flexibility index (Phi) is 4.38. The molecule has 1 aromatic carbocycles. The molecule has 3 aliphatic carbocycles. The van der Waals surface area contributed by atoms with Gasteiger partial charge in [0.05, 0.1) is 5.41 Å². The van der Waals surface area contributed by atoms with E-state index >= 15 is 0 Å². The molecule has 0 spiro atoms. The normalized spacial score (nSPS) is 28.9. The number of halogens is 2. The van der Waals surface area contributed by atoms with Crippen LogP contribution in [0.3, 0.4) is 0 Å². The number of hydrogen-bond acceptors (Lipinski definition) is 4. The Morgan fingerprint density at radius 1 is 1.19 bits per heavy atom. The SMILES string of the molecule is Cc1cnc(N2CC(=O)N(Cc3ccc(F)cc3)C(C34CC(C(N)=O)(C3)C4)C2=O)c(F)c1. The van der Waals surface area contributed by atoms with Gasteiger partial charge in [-0.15, -0.1) is 0 Å². The Bertz CT molecular complexity index is 1130. The van der Waals surface area contributed by atoms with Gasteiger partial charge in [0.2, 0.25) is 11.8 Å². The summed E-state index contributed by atoms with van der Waals surface area (Å²) in [7, 11) is 0. The average Bonchev–Trinajstić information content (AvgIpc) is 2.66. The number of nitrogens with two attached hydrogens (primary N) is 1. The van der Waals surface area contributed by atoms with Crippen molar-refractivity contribution in [1.29, 1.82) is 0 Å². The van der Waals surface area contributed by atoms with Crippen LogP contribution in [0.1, 0.15) is 30.4 Å². The Balaban J connectivity index is 1.50. The molecule has 1 saturated heterocycles. The van der Waals surface area contributed by atoms with Crippen molar-refractivity contribution in [2.24, 2.45) is 16.6 Å². The molecule has 1 aliphatic heterocycles. The number of rotatable bonds is 5. The molecule has 1 aromatic heterocycles. The minimum absolute atomic E-state index is 0.110. The van der Waals surface area contributed by atoms with Crippen LogP contribution in [0.15, 0.2) is 36.5 Å². The van der Waals surface area contributed by atoms with Crippen LogP contribution >= 0.6 is 0 Å². The second-order valence-electron chi connectivity index (χ2n) is 9.33. The monoisotopic (exact) mass is 440 g/mol. The van der Waals surface area contributed by atoms with E-state index < -0.39 is 40.3 Å². The number of primary amides is 1. The van der Waals surface area contributed by atoms with Gasteiger partial charge in [-0.05, 0) is 55.5 Å². The molecule has 4 aliphatic rings. The summed E-state index contributed by atoms with van der Waals surface area (Å²) in [5.41, 5.74) is 5.59. The first kappa shape index (κ1) is 20.5. The molecule has 2 bridgehead atoms. The Morgan fingerprint density at radius 2 is 1.84 bits per heavy atom. The number of hydrogen-bond donors (Lipinski definition) is 1. The zero-order valence-corrected chi connectivity index (χ0v) is 17.5. The van der Waals surface area contributed by atoms with Gasteiger partial charge in [-0.3, -0.25) is 19.3 Å². The zero-order chi connectivity index (χ0) is 22.8. The number of aryl methyl sites for hydroxylation is 1. The smallest absolute Gasteiger partial charge is 0.252 e. The number of benzene rings is 1. The van der Waals surface area contributed by atoms with Crippen molar-refractivity contribution < 1.29 is 23.2 Å². The molecule has 2 N–H and O–H groups in total. The van der Waals surface area contributed by atoms with Gasteiger partial charge in [0.15, 0.2) is 11.6 Å². The predicted octanol–water partition coefficient (Wildman–Crippen LogP) is 2.07. The lowest BCUT2D eigenvalue weighted by Crippen LogP contribution is -2.78. The predicted molar refractivity (Wildman–Crippen MR) is 110 cm³/mol. The molecule has 0 radical (unpaired) electrons. The summed E-state index contributed by atoms with van der Waals surface area (Å²) >= 11 is 0. The summed E-state index contributed by atoms with van der Waals surface area (Å²) in [6.45, 7) is 1.44. The topological polar surface area (TPSA) is 96.6 Å². The number of pyridine rings is 1. The first-order chi connectivity index (χ1) is 15.1. The molecule has 6 rings (SSSR count). The number of nitrogens with zero attached hydrogens (tertiary/aromatic N) is 3. The molecule has 166 valence electrons.